The summed E-state index contributed by atoms with van der Waals surface area (Å²) in [7, 11) is 0. The second-order valence-electron chi connectivity index (χ2n) is 6.06. The molecular formula is C21H19Cl3N2O3. The van der Waals surface area contributed by atoms with Crippen LogP contribution in [0.25, 0.3) is 0 Å². The first-order chi connectivity index (χ1) is 13.4. The van der Waals surface area contributed by atoms with Crippen molar-refractivity contribution in [2.45, 2.75) is 13.0 Å². The van der Waals surface area contributed by atoms with Crippen LogP contribution in [-0.2, 0) is 0 Å². The molecule has 1 unspecified atom stereocenters. The average Bonchev–Trinajstić information content (AvgIpc) is 2.65. The summed E-state index contributed by atoms with van der Waals surface area (Å²) in [5, 5.41) is 0.857. The van der Waals surface area contributed by atoms with Gasteiger partial charge in [0, 0.05) is 16.4 Å². The lowest BCUT2D eigenvalue weighted by molar-refractivity contribution is 0.0816. The molecule has 0 aromatic heterocycles. The van der Waals surface area contributed by atoms with Gasteiger partial charge in [-0.2, -0.15) is 0 Å². The van der Waals surface area contributed by atoms with Crippen LogP contribution in [-0.4, -0.2) is 11.9 Å². The molecule has 0 aliphatic heterocycles. The Hall–Kier alpha value is -2.60. The van der Waals surface area contributed by atoms with Gasteiger partial charge in [-0.25, -0.2) is 0 Å². The van der Waals surface area contributed by atoms with Gasteiger partial charge in [-0.3, -0.25) is 4.79 Å². The summed E-state index contributed by atoms with van der Waals surface area (Å²) in [5.74, 6) is 0.871. The van der Waals surface area contributed by atoms with Crippen LogP contribution >= 0.6 is 35.6 Å². The molecule has 4 N–H and O–H groups in total. The molecule has 152 valence electrons. The maximum Gasteiger partial charge on any atom is 0.207 e. The molecule has 0 spiro atoms. The van der Waals surface area contributed by atoms with Gasteiger partial charge < -0.3 is 20.9 Å². The average molecular weight is 454 g/mol. The second kappa shape index (κ2) is 9.74. The third kappa shape index (κ3) is 5.26. The number of ketones is 1. The van der Waals surface area contributed by atoms with Crippen molar-refractivity contribution >= 4 is 52.8 Å². The molecule has 0 amide bonds. The van der Waals surface area contributed by atoms with E-state index in [1.807, 2.05) is 0 Å². The van der Waals surface area contributed by atoms with Gasteiger partial charge in [0.25, 0.3) is 0 Å². The number of nitrogens with two attached hydrogens (primary N) is 2. The molecule has 8 heteroatoms. The number of nitrogen functional groups attached to an aromatic ring is 2. The minimum atomic E-state index is -0.836. The maximum absolute atomic E-state index is 12.8. The number of carbonyl (C=O) groups excluding carboxylic acids is 1. The van der Waals surface area contributed by atoms with E-state index in [1.165, 1.54) is 0 Å². The highest BCUT2D eigenvalue weighted by Crippen LogP contribution is 2.36. The van der Waals surface area contributed by atoms with Crippen LogP contribution in [0.4, 0.5) is 11.4 Å². The van der Waals surface area contributed by atoms with Gasteiger partial charge in [0.1, 0.15) is 5.75 Å². The van der Waals surface area contributed by atoms with E-state index in [9.17, 15) is 4.79 Å². The first-order valence-electron chi connectivity index (χ1n) is 8.43. The molecular weight excluding hydrogens is 435 g/mol. The molecule has 0 saturated carbocycles. The maximum atomic E-state index is 12.8. The van der Waals surface area contributed by atoms with Crippen LogP contribution in [0.3, 0.4) is 0 Å². The molecule has 0 heterocycles. The van der Waals surface area contributed by atoms with E-state index in [4.69, 9.17) is 44.1 Å². The first-order valence-corrected chi connectivity index (χ1v) is 9.19. The lowest BCUT2D eigenvalue weighted by atomic mass is 10.0. The molecule has 3 aromatic rings. The zero-order valence-electron chi connectivity index (χ0n) is 15.4. The summed E-state index contributed by atoms with van der Waals surface area (Å²) >= 11 is 12.1. The highest BCUT2D eigenvalue weighted by Gasteiger charge is 2.23. The van der Waals surface area contributed by atoms with Gasteiger partial charge in [-0.05, 0) is 49.4 Å². The number of carbonyl (C=O) groups is 1. The fourth-order valence-corrected chi connectivity index (χ4v) is 3.08. The molecule has 0 aliphatic carbocycles. The van der Waals surface area contributed by atoms with E-state index < -0.39 is 6.10 Å². The van der Waals surface area contributed by atoms with Crippen LogP contribution in [0.5, 0.6) is 17.2 Å². The molecule has 0 fully saturated rings. The summed E-state index contributed by atoms with van der Waals surface area (Å²) in [6, 6.07) is 16.8. The Morgan fingerprint density at radius 3 is 2.14 bits per heavy atom. The third-order valence-electron chi connectivity index (χ3n) is 4.01. The fourth-order valence-electron chi connectivity index (χ4n) is 2.63. The highest BCUT2D eigenvalue weighted by molar-refractivity contribution is 6.35. The standard InChI is InChI=1S/C21H18Cl2N2O3.ClH/c1-12(21(26)20-15(24)5-4-6-16(20)25)27-18-7-2-3-8-19(18)28-17-10-9-13(22)11-14(17)23;/h2-12H,24-25H2,1H3;1H. The summed E-state index contributed by atoms with van der Waals surface area (Å²) < 4.78 is 11.7. The Labute approximate surface area is 184 Å². The lowest BCUT2D eigenvalue weighted by Gasteiger charge is -2.18. The molecule has 0 saturated heterocycles. The molecule has 0 aliphatic rings. The summed E-state index contributed by atoms with van der Waals surface area (Å²) in [4.78, 5) is 12.8. The predicted octanol–water partition coefficient (Wildman–Crippen LogP) is 6.02. The third-order valence-corrected chi connectivity index (χ3v) is 4.54. The number of Topliss-reactive ketones (excluding diaryl/α,β-unsaturated/α-hetero) is 1. The molecule has 3 aromatic carbocycles. The topological polar surface area (TPSA) is 87.6 Å². The molecule has 0 radical (unpaired) electrons. The number of halogens is 3. The van der Waals surface area contributed by atoms with Gasteiger partial charge in [0.15, 0.2) is 17.6 Å². The number of para-hydroxylation sites is 2. The van der Waals surface area contributed by atoms with Crippen LogP contribution in [0.2, 0.25) is 10.0 Å². The number of anilines is 2. The summed E-state index contributed by atoms with van der Waals surface area (Å²) in [5.41, 5.74) is 12.7. The number of rotatable bonds is 6. The summed E-state index contributed by atoms with van der Waals surface area (Å²) in [6.07, 6.45) is -0.836. The van der Waals surface area contributed by atoms with Crippen LogP contribution in [0, 0.1) is 0 Å². The zero-order valence-corrected chi connectivity index (χ0v) is 17.7. The molecule has 29 heavy (non-hydrogen) atoms. The van der Waals surface area contributed by atoms with Crippen molar-refractivity contribution in [3.05, 3.63) is 76.3 Å². The Bertz CT molecular complexity index is 1010. The number of hydrogen-bond acceptors (Lipinski definition) is 5. The van der Waals surface area contributed by atoms with Gasteiger partial charge in [0.2, 0.25) is 5.78 Å². The quantitative estimate of drug-likeness (QED) is 0.352. The smallest absolute Gasteiger partial charge is 0.207 e. The van der Waals surface area contributed by atoms with E-state index in [-0.39, 0.29) is 23.8 Å². The van der Waals surface area contributed by atoms with Crippen molar-refractivity contribution in [2.75, 3.05) is 11.5 Å². The molecule has 1 atom stereocenters. The Morgan fingerprint density at radius 2 is 1.52 bits per heavy atom. The van der Waals surface area contributed by atoms with Crippen molar-refractivity contribution in [1.82, 2.24) is 0 Å². The fraction of sp³-hybridized carbons (Fsp3) is 0.0952. The first kappa shape index (κ1) is 22.7. The number of hydrogen-bond donors (Lipinski definition) is 2. The normalized spacial score (nSPS) is 11.3. The highest BCUT2D eigenvalue weighted by atomic mass is 35.5. The van der Waals surface area contributed by atoms with Crippen molar-refractivity contribution in [1.29, 1.82) is 0 Å². The minimum absolute atomic E-state index is 0. The van der Waals surface area contributed by atoms with Crippen LogP contribution < -0.4 is 20.9 Å². The largest absolute Gasteiger partial charge is 0.479 e. The van der Waals surface area contributed by atoms with Crippen molar-refractivity contribution in [3.8, 4) is 17.2 Å². The van der Waals surface area contributed by atoms with Crippen molar-refractivity contribution < 1.29 is 14.3 Å². The van der Waals surface area contributed by atoms with E-state index in [1.54, 1.807) is 67.6 Å². The van der Waals surface area contributed by atoms with Gasteiger partial charge >= 0.3 is 0 Å². The van der Waals surface area contributed by atoms with E-state index in [2.05, 4.69) is 0 Å². The van der Waals surface area contributed by atoms with Gasteiger partial charge in [-0.15, -0.1) is 12.4 Å². The zero-order chi connectivity index (χ0) is 20.3. The minimum Gasteiger partial charge on any atom is -0.479 e. The molecule has 5 nitrogen and oxygen atoms in total. The Morgan fingerprint density at radius 1 is 0.897 bits per heavy atom. The molecule has 3 rings (SSSR count). The van der Waals surface area contributed by atoms with Gasteiger partial charge in [0.05, 0.1) is 10.6 Å². The Balaban J connectivity index is 0.00000300. The number of ether oxygens (including phenoxy) is 2. The predicted molar refractivity (Wildman–Crippen MR) is 120 cm³/mol. The summed E-state index contributed by atoms with van der Waals surface area (Å²) in [6.45, 7) is 1.63. The van der Waals surface area contributed by atoms with Crippen molar-refractivity contribution in [2.24, 2.45) is 0 Å². The van der Waals surface area contributed by atoms with E-state index >= 15 is 0 Å². The van der Waals surface area contributed by atoms with Crippen LogP contribution in [0.15, 0.2) is 60.7 Å². The van der Waals surface area contributed by atoms with E-state index in [0.29, 0.717) is 38.7 Å². The van der Waals surface area contributed by atoms with Crippen molar-refractivity contribution in [3.63, 3.8) is 0 Å². The second-order valence-corrected chi connectivity index (χ2v) is 6.90. The Kier molecular flexibility index (Phi) is 7.62. The monoisotopic (exact) mass is 452 g/mol. The van der Waals surface area contributed by atoms with Crippen LogP contribution in [0.1, 0.15) is 17.3 Å². The molecule has 0 bridgehead atoms. The van der Waals surface area contributed by atoms with E-state index in [0.717, 1.165) is 0 Å². The van der Waals surface area contributed by atoms with Gasteiger partial charge in [-0.1, -0.05) is 41.4 Å². The lowest BCUT2D eigenvalue weighted by Crippen LogP contribution is -2.26. The number of benzene rings is 3. The SMILES string of the molecule is CC(Oc1ccccc1Oc1ccc(Cl)cc1Cl)C(=O)c1c(N)cccc1N.Cl.